The summed E-state index contributed by atoms with van der Waals surface area (Å²) in [6.45, 7) is 0.140. The van der Waals surface area contributed by atoms with Crippen molar-refractivity contribution in [2.45, 2.75) is 44.6 Å². The van der Waals surface area contributed by atoms with Crippen LogP contribution < -0.4 is 9.64 Å². The zero-order valence-corrected chi connectivity index (χ0v) is 27.6. The van der Waals surface area contributed by atoms with E-state index in [0.717, 1.165) is 91.9 Å². The van der Waals surface area contributed by atoms with Crippen molar-refractivity contribution in [3.8, 4) is 39.4 Å². The van der Waals surface area contributed by atoms with Gasteiger partial charge in [0.05, 0.1) is 39.9 Å². The first kappa shape index (κ1) is 29.7. The van der Waals surface area contributed by atoms with E-state index in [-0.39, 0.29) is 12.5 Å². The maximum atomic E-state index is 13.9. The molecule has 236 valence electrons. The minimum Gasteiger partial charge on any atom is -0.497 e. The monoisotopic (exact) mass is 661 g/mol. The van der Waals surface area contributed by atoms with Gasteiger partial charge in [-0.25, -0.2) is 9.78 Å². The molecule has 1 aliphatic heterocycles. The van der Waals surface area contributed by atoms with Crippen LogP contribution in [-0.4, -0.2) is 40.7 Å². The molecular weight excluding hydrogens is 630 g/mol. The molecule has 2 aliphatic rings. The lowest BCUT2D eigenvalue weighted by atomic mass is 9.82. The zero-order valence-electron chi connectivity index (χ0n) is 26.0. The molecule has 0 unspecified atom stereocenters. The van der Waals surface area contributed by atoms with E-state index < -0.39 is 5.97 Å². The molecule has 1 fully saturated rings. The van der Waals surface area contributed by atoms with Crippen LogP contribution in [0.5, 0.6) is 5.75 Å². The van der Waals surface area contributed by atoms with Gasteiger partial charge >= 0.3 is 5.97 Å². The van der Waals surface area contributed by atoms with Gasteiger partial charge in [-0.3, -0.25) is 4.79 Å². The van der Waals surface area contributed by atoms with Gasteiger partial charge in [0.2, 0.25) is 5.91 Å². The Hall–Kier alpha value is -4.66. The lowest BCUT2D eigenvalue weighted by Crippen LogP contribution is -2.28. The van der Waals surface area contributed by atoms with Crippen LogP contribution in [0.1, 0.15) is 53.3 Å². The number of anilines is 1. The third-order valence-corrected chi connectivity index (χ3v) is 11.2. The van der Waals surface area contributed by atoms with Crippen LogP contribution in [0, 0.1) is 0 Å². The van der Waals surface area contributed by atoms with Crippen molar-refractivity contribution in [1.82, 2.24) is 9.55 Å². The average molecular weight is 662 g/mol. The van der Waals surface area contributed by atoms with E-state index in [0.29, 0.717) is 15.8 Å². The van der Waals surface area contributed by atoms with Crippen molar-refractivity contribution in [3.05, 3.63) is 88.3 Å². The van der Waals surface area contributed by atoms with Crippen LogP contribution in [0.3, 0.4) is 0 Å². The Kier molecular flexibility index (Phi) is 7.30. The number of aromatic nitrogens is 2. The Morgan fingerprint density at radius 2 is 1.72 bits per heavy atom. The zero-order chi connectivity index (χ0) is 32.4. The fourth-order valence-electron chi connectivity index (χ4n) is 7.48. The summed E-state index contributed by atoms with van der Waals surface area (Å²) in [6.07, 6.45) is 5.61. The molecule has 3 aromatic carbocycles. The molecule has 1 N–H and O–H groups in total. The number of carbonyl (C=O) groups excluding carboxylic acids is 1. The molecule has 1 aliphatic carbocycles. The summed E-state index contributed by atoms with van der Waals surface area (Å²) < 4.78 is 8.65. The summed E-state index contributed by atoms with van der Waals surface area (Å²) in [4.78, 5) is 33.1. The number of carboxylic acids is 1. The maximum Gasteiger partial charge on any atom is 0.345 e. The second-order valence-corrected chi connectivity index (χ2v) is 13.9. The molecule has 0 saturated heterocycles. The predicted molar refractivity (Wildman–Crippen MR) is 189 cm³/mol. The summed E-state index contributed by atoms with van der Waals surface area (Å²) in [7, 11) is 3.48. The number of carboxylic acid groups (broad SMARTS) is 1. The van der Waals surface area contributed by atoms with Crippen molar-refractivity contribution in [1.29, 1.82) is 0 Å². The molecule has 9 heteroatoms. The number of nitrogens with zero attached hydrogens (tertiary/aromatic N) is 3. The Bertz CT molecular complexity index is 2230. The fourth-order valence-corrected chi connectivity index (χ4v) is 8.73. The third-order valence-electron chi connectivity index (χ3n) is 9.76. The number of amides is 1. The summed E-state index contributed by atoms with van der Waals surface area (Å²) in [5.74, 6) is 0.0453. The Morgan fingerprint density at radius 3 is 2.47 bits per heavy atom. The first-order chi connectivity index (χ1) is 22.8. The minimum atomic E-state index is -0.935. The van der Waals surface area contributed by atoms with Gasteiger partial charge in [0.1, 0.15) is 17.2 Å². The molecule has 0 spiro atoms. The highest BCUT2D eigenvalue weighted by Gasteiger charge is 2.34. The van der Waals surface area contributed by atoms with Crippen molar-refractivity contribution in [2.24, 2.45) is 0 Å². The highest BCUT2D eigenvalue weighted by Crippen LogP contribution is 2.51. The number of thiophene rings is 1. The fraction of sp³-hybridized carbons (Fsp3) is 0.237. The van der Waals surface area contributed by atoms with E-state index >= 15 is 0 Å². The third kappa shape index (κ3) is 4.89. The number of methoxy groups -OCH3 is 1. The van der Waals surface area contributed by atoms with Crippen LogP contribution in [0.2, 0.25) is 5.02 Å². The van der Waals surface area contributed by atoms with E-state index in [4.69, 9.17) is 21.3 Å². The van der Waals surface area contributed by atoms with Gasteiger partial charge < -0.3 is 19.3 Å². The number of benzene rings is 3. The molecule has 8 rings (SSSR count). The number of pyridine rings is 1. The van der Waals surface area contributed by atoms with Crippen LogP contribution in [0.15, 0.2) is 72.8 Å². The van der Waals surface area contributed by atoms with Crippen LogP contribution >= 0.6 is 22.9 Å². The standard InChI is InChI=1S/C38H32ClN3O4S/c1-41-33(43)20-42-31-19-32(38(44)45)47-37(31)34(22-6-4-3-5-7-22)36(42)27-15-17-29-26(35(27)41)14-16-30(40-29)28-18-24(46-2)12-13-25(28)21-8-10-23(39)11-9-21/h8-19,22H,3-7,20H2,1-2H3,(H,44,45). The molecule has 6 aromatic rings. The molecule has 0 radical (unpaired) electrons. The first-order valence-electron chi connectivity index (χ1n) is 15.9. The highest BCUT2D eigenvalue weighted by atomic mass is 35.5. The van der Waals surface area contributed by atoms with Crippen molar-refractivity contribution in [2.75, 3.05) is 19.1 Å². The lowest BCUT2D eigenvalue weighted by Gasteiger charge is -2.24. The summed E-state index contributed by atoms with van der Waals surface area (Å²) in [5, 5.41) is 11.4. The van der Waals surface area contributed by atoms with Crippen molar-refractivity contribution < 1.29 is 19.4 Å². The number of hydrogen-bond acceptors (Lipinski definition) is 5. The van der Waals surface area contributed by atoms with Gasteiger partial charge in [0.15, 0.2) is 0 Å². The van der Waals surface area contributed by atoms with E-state index in [1.54, 1.807) is 18.1 Å². The van der Waals surface area contributed by atoms with Crippen LogP contribution in [0.25, 0.3) is 54.8 Å². The van der Waals surface area contributed by atoms with Gasteiger partial charge in [0.25, 0.3) is 0 Å². The second kappa shape index (κ2) is 11.5. The molecule has 1 amide bonds. The predicted octanol–water partition coefficient (Wildman–Crippen LogP) is 9.64. The largest absolute Gasteiger partial charge is 0.497 e. The SMILES string of the molecule is COc1ccc(-c2ccc(Cl)cc2)c(-c2ccc3c4c(ccc3n2)-c2c(C3CCCCC3)c3sc(C(=O)O)cc3n2CC(=O)N4C)c1. The van der Waals surface area contributed by atoms with Gasteiger partial charge in [0, 0.05) is 28.6 Å². The van der Waals surface area contributed by atoms with Crippen molar-refractivity contribution in [3.63, 3.8) is 0 Å². The molecule has 0 bridgehead atoms. The van der Waals surface area contributed by atoms with E-state index in [2.05, 4.69) is 16.7 Å². The smallest absolute Gasteiger partial charge is 0.345 e. The molecule has 1 saturated carbocycles. The Morgan fingerprint density at radius 1 is 0.957 bits per heavy atom. The van der Waals surface area contributed by atoms with E-state index in [9.17, 15) is 14.7 Å². The first-order valence-corrected chi connectivity index (χ1v) is 17.1. The van der Waals surface area contributed by atoms with E-state index in [1.807, 2.05) is 61.6 Å². The van der Waals surface area contributed by atoms with Gasteiger partial charge in [-0.1, -0.05) is 49.1 Å². The molecule has 4 heterocycles. The topological polar surface area (TPSA) is 84.7 Å². The van der Waals surface area contributed by atoms with Crippen LogP contribution in [0.4, 0.5) is 5.69 Å². The Labute approximate surface area is 281 Å². The number of carbonyl (C=O) groups is 2. The normalized spacial score (nSPS) is 15.1. The number of hydrogen-bond donors (Lipinski definition) is 1. The molecule has 7 nitrogen and oxygen atoms in total. The number of fused-ring (bicyclic) bond motifs is 7. The number of rotatable bonds is 5. The lowest BCUT2D eigenvalue weighted by molar-refractivity contribution is -0.118. The number of aromatic carboxylic acids is 1. The summed E-state index contributed by atoms with van der Waals surface area (Å²) >= 11 is 7.53. The average Bonchev–Trinajstić information content (AvgIpc) is 3.63. The van der Waals surface area contributed by atoms with Crippen LogP contribution in [-0.2, 0) is 11.3 Å². The minimum absolute atomic E-state index is 0.0606. The number of likely N-dealkylation sites (N-methyl/N-ethyl adjacent to an activating group) is 1. The maximum absolute atomic E-state index is 13.9. The van der Waals surface area contributed by atoms with Gasteiger partial charge in [-0.15, -0.1) is 11.3 Å². The van der Waals surface area contributed by atoms with Gasteiger partial charge in [-0.05, 0) is 90.0 Å². The molecule has 3 aromatic heterocycles. The number of halogens is 1. The van der Waals surface area contributed by atoms with E-state index in [1.165, 1.54) is 23.3 Å². The Balaban J connectivity index is 1.34. The summed E-state index contributed by atoms with van der Waals surface area (Å²) in [6, 6.07) is 23.7. The van der Waals surface area contributed by atoms with Gasteiger partial charge in [-0.2, -0.15) is 0 Å². The second-order valence-electron chi connectivity index (χ2n) is 12.4. The molecule has 47 heavy (non-hydrogen) atoms. The quantitative estimate of drug-likeness (QED) is 0.199. The van der Waals surface area contributed by atoms with Crippen molar-refractivity contribution >= 4 is 61.6 Å². The molecule has 0 atom stereocenters. The highest BCUT2D eigenvalue weighted by molar-refractivity contribution is 7.21. The summed E-state index contributed by atoms with van der Waals surface area (Å²) in [5.41, 5.74) is 9.38. The molecular formula is C38H32ClN3O4S. The number of ether oxygens (including phenoxy) is 1.